The van der Waals surface area contributed by atoms with Crippen molar-refractivity contribution in [3.8, 4) is 0 Å². The second-order valence-corrected chi connectivity index (χ2v) is 1.87. The monoisotopic (exact) mass is 155 g/mol. The fourth-order valence-electron chi connectivity index (χ4n) is 0.638. The van der Waals surface area contributed by atoms with Crippen molar-refractivity contribution in [3.05, 3.63) is 11.8 Å². The van der Waals surface area contributed by atoms with Crippen molar-refractivity contribution in [2.75, 3.05) is 0 Å². The molecule has 1 aliphatic rings. The Balaban J connectivity index is 2.72. The third-order valence-corrected chi connectivity index (χ3v) is 1.01. The van der Waals surface area contributed by atoms with E-state index in [1.165, 1.54) is 0 Å². The van der Waals surface area contributed by atoms with Crippen molar-refractivity contribution in [2.24, 2.45) is 5.73 Å². The maximum absolute atomic E-state index is 10.6. The number of rotatable bonds is 1. The largest absolute Gasteiger partial charge is 0.351 e. The normalized spacial score (nSPS) is 15.8. The molecule has 0 saturated carbocycles. The quantitative estimate of drug-likeness (QED) is 0.389. The van der Waals surface area contributed by atoms with Crippen molar-refractivity contribution < 1.29 is 14.4 Å². The molecular weight excluding hydrogens is 150 g/mol. The lowest BCUT2D eigenvalue weighted by Gasteiger charge is -1.96. The van der Waals surface area contributed by atoms with Gasteiger partial charge in [0.25, 0.3) is 11.8 Å². The van der Waals surface area contributed by atoms with Gasteiger partial charge in [-0.15, -0.1) is 0 Å². The third-order valence-electron chi connectivity index (χ3n) is 1.01. The molecule has 4 amide bonds. The van der Waals surface area contributed by atoms with Crippen LogP contribution in [0.4, 0.5) is 4.79 Å². The molecule has 0 saturated heterocycles. The van der Waals surface area contributed by atoms with Crippen molar-refractivity contribution >= 4 is 17.8 Å². The molecular formula is C5H5N3O3. The highest BCUT2D eigenvalue weighted by molar-refractivity contribution is 6.17. The lowest BCUT2D eigenvalue weighted by atomic mass is 10.4. The second kappa shape index (κ2) is 2.41. The topological polar surface area (TPSA) is 101 Å². The molecule has 0 atom stereocenters. The van der Waals surface area contributed by atoms with E-state index in [1.807, 2.05) is 10.6 Å². The Morgan fingerprint density at radius 2 is 2.18 bits per heavy atom. The molecule has 0 aromatic rings. The number of hydrogen-bond donors (Lipinski definition) is 3. The lowest BCUT2D eigenvalue weighted by Crippen LogP contribution is -2.33. The Kier molecular flexibility index (Phi) is 1.59. The van der Waals surface area contributed by atoms with Crippen molar-refractivity contribution in [1.29, 1.82) is 0 Å². The number of amides is 4. The Bertz CT molecular complexity index is 268. The molecule has 0 fully saturated rings. The minimum Gasteiger partial charge on any atom is -0.351 e. The number of primary amides is 1. The van der Waals surface area contributed by atoms with Crippen LogP contribution in [0.2, 0.25) is 0 Å². The smallest absolute Gasteiger partial charge is 0.316 e. The van der Waals surface area contributed by atoms with Crippen molar-refractivity contribution in [2.45, 2.75) is 0 Å². The van der Waals surface area contributed by atoms with E-state index >= 15 is 0 Å². The molecule has 0 aliphatic carbocycles. The highest BCUT2D eigenvalue weighted by Crippen LogP contribution is 1.96. The van der Waals surface area contributed by atoms with Crippen LogP contribution in [-0.4, -0.2) is 17.8 Å². The first-order valence-electron chi connectivity index (χ1n) is 2.73. The fourth-order valence-corrected chi connectivity index (χ4v) is 0.638. The summed E-state index contributed by atoms with van der Waals surface area (Å²) in [6, 6.07) is -0.874. The summed E-state index contributed by atoms with van der Waals surface area (Å²) in [6.07, 6.45) is 0.965. The zero-order valence-corrected chi connectivity index (χ0v) is 5.38. The van der Waals surface area contributed by atoms with Crippen LogP contribution in [0.25, 0.3) is 0 Å². The first-order valence-corrected chi connectivity index (χ1v) is 2.73. The Hall–Kier alpha value is -1.85. The molecule has 0 aromatic heterocycles. The van der Waals surface area contributed by atoms with E-state index in [0.717, 1.165) is 6.08 Å². The number of imide groups is 1. The van der Waals surface area contributed by atoms with Gasteiger partial charge in [0, 0.05) is 6.08 Å². The zero-order valence-electron chi connectivity index (χ0n) is 5.38. The van der Waals surface area contributed by atoms with E-state index in [4.69, 9.17) is 5.73 Å². The number of carbonyl (C=O) groups is 3. The molecule has 6 nitrogen and oxygen atoms in total. The van der Waals surface area contributed by atoms with E-state index in [9.17, 15) is 14.4 Å². The summed E-state index contributed by atoms with van der Waals surface area (Å²) in [4.78, 5) is 31.3. The number of hydrogen-bond acceptors (Lipinski definition) is 3. The number of urea groups is 1. The average Bonchev–Trinajstić information content (AvgIpc) is 2.09. The summed E-state index contributed by atoms with van der Waals surface area (Å²) in [5.41, 5.74) is 4.58. The molecule has 0 spiro atoms. The van der Waals surface area contributed by atoms with E-state index in [1.54, 1.807) is 0 Å². The lowest BCUT2D eigenvalue weighted by molar-refractivity contribution is -0.123. The molecule has 0 unspecified atom stereocenters. The van der Waals surface area contributed by atoms with Crippen LogP contribution in [-0.2, 0) is 9.59 Å². The van der Waals surface area contributed by atoms with Gasteiger partial charge in [-0.05, 0) is 0 Å². The Labute approximate surface area is 61.4 Å². The molecule has 0 bridgehead atoms. The van der Waals surface area contributed by atoms with Gasteiger partial charge < -0.3 is 11.1 Å². The van der Waals surface area contributed by atoms with Gasteiger partial charge in [0.15, 0.2) is 0 Å². The summed E-state index contributed by atoms with van der Waals surface area (Å²) < 4.78 is 0. The fraction of sp³-hybridized carbons (Fsp3) is 0. The van der Waals surface area contributed by atoms with Gasteiger partial charge in [0.1, 0.15) is 5.70 Å². The van der Waals surface area contributed by atoms with Crippen LogP contribution >= 0.6 is 0 Å². The molecule has 11 heavy (non-hydrogen) atoms. The molecule has 0 radical (unpaired) electrons. The first kappa shape index (κ1) is 7.26. The summed E-state index contributed by atoms with van der Waals surface area (Å²) in [5.74, 6) is -1.20. The van der Waals surface area contributed by atoms with Gasteiger partial charge in [-0.1, -0.05) is 0 Å². The highest BCUT2D eigenvalue weighted by atomic mass is 16.2. The summed E-state index contributed by atoms with van der Waals surface area (Å²) in [6.45, 7) is 0. The number of nitrogens with one attached hydrogen (secondary N) is 2. The van der Waals surface area contributed by atoms with Crippen LogP contribution in [0.15, 0.2) is 11.8 Å². The van der Waals surface area contributed by atoms with Crippen LogP contribution < -0.4 is 16.4 Å². The molecule has 1 rings (SSSR count). The van der Waals surface area contributed by atoms with E-state index in [2.05, 4.69) is 0 Å². The minimum absolute atomic E-state index is 0.123. The summed E-state index contributed by atoms with van der Waals surface area (Å²) >= 11 is 0. The number of nitrogens with two attached hydrogens (primary N) is 1. The van der Waals surface area contributed by atoms with Gasteiger partial charge >= 0.3 is 6.03 Å². The molecule has 4 N–H and O–H groups in total. The highest BCUT2D eigenvalue weighted by Gasteiger charge is 2.21. The maximum Gasteiger partial charge on any atom is 0.316 e. The molecule has 1 aliphatic heterocycles. The van der Waals surface area contributed by atoms with Gasteiger partial charge in [-0.25, -0.2) is 4.79 Å². The Morgan fingerprint density at radius 1 is 1.55 bits per heavy atom. The third kappa shape index (κ3) is 1.54. The molecule has 6 heteroatoms. The van der Waals surface area contributed by atoms with E-state index < -0.39 is 17.8 Å². The average molecular weight is 155 g/mol. The summed E-state index contributed by atoms with van der Waals surface area (Å²) in [5, 5.41) is 3.92. The minimum atomic E-state index is -0.874. The van der Waals surface area contributed by atoms with Crippen LogP contribution in [0, 0.1) is 0 Å². The predicted molar refractivity (Wildman–Crippen MR) is 34.0 cm³/mol. The van der Waals surface area contributed by atoms with Crippen LogP contribution in [0.1, 0.15) is 0 Å². The summed E-state index contributed by atoms with van der Waals surface area (Å²) in [7, 11) is 0. The van der Waals surface area contributed by atoms with Gasteiger partial charge in [0.05, 0.1) is 0 Å². The molecule has 1 heterocycles. The molecule has 58 valence electrons. The standard InChI is InChI=1S/C5H5N3O3/c6-5(11)7-2-1-3(9)8-4(2)10/h1H,(H4,6,7,8,9,10,11). The second-order valence-electron chi connectivity index (χ2n) is 1.87. The van der Waals surface area contributed by atoms with Crippen molar-refractivity contribution in [3.63, 3.8) is 0 Å². The SMILES string of the molecule is NC(=O)NC1=CC(=O)NC1=O. The van der Waals surface area contributed by atoms with E-state index in [-0.39, 0.29) is 5.70 Å². The van der Waals surface area contributed by atoms with E-state index in [0.29, 0.717) is 0 Å². The molecule has 0 aromatic carbocycles. The van der Waals surface area contributed by atoms with Gasteiger partial charge in [0.2, 0.25) is 0 Å². The van der Waals surface area contributed by atoms with Gasteiger partial charge in [-0.2, -0.15) is 0 Å². The first-order chi connectivity index (χ1) is 5.09. The zero-order chi connectivity index (χ0) is 8.43. The maximum atomic E-state index is 10.6. The number of carbonyl (C=O) groups excluding carboxylic acids is 3. The van der Waals surface area contributed by atoms with Crippen LogP contribution in [0.5, 0.6) is 0 Å². The Morgan fingerprint density at radius 3 is 2.55 bits per heavy atom. The van der Waals surface area contributed by atoms with Crippen molar-refractivity contribution in [1.82, 2.24) is 10.6 Å². The van der Waals surface area contributed by atoms with Gasteiger partial charge in [-0.3, -0.25) is 14.9 Å². The predicted octanol–water partition coefficient (Wildman–Crippen LogP) is -1.81. The van der Waals surface area contributed by atoms with Crippen LogP contribution in [0.3, 0.4) is 0 Å².